The summed E-state index contributed by atoms with van der Waals surface area (Å²) in [6.45, 7) is 3.73. The molecule has 1 saturated carbocycles. The molecule has 1 fully saturated rings. The topological polar surface area (TPSA) is 47.4 Å². The normalized spacial score (nSPS) is 22.4. The molecule has 1 aromatic heterocycles. The van der Waals surface area contributed by atoms with E-state index in [9.17, 15) is 4.79 Å². The summed E-state index contributed by atoms with van der Waals surface area (Å²) in [7, 11) is 5.63. The Morgan fingerprint density at radius 1 is 1.50 bits per heavy atom. The highest BCUT2D eigenvalue weighted by atomic mass is 16.5. The third kappa shape index (κ3) is 3.03. The van der Waals surface area contributed by atoms with Gasteiger partial charge in [-0.15, -0.1) is 0 Å². The lowest BCUT2D eigenvalue weighted by atomic mass is 9.91. The van der Waals surface area contributed by atoms with Crippen LogP contribution in [0.25, 0.3) is 0 Å². The van der Waals surface area contributed by atoms with E-state index in [0.717, 1.165) is 25.8 Å². The van der Waals surface area contributed by atoms with Crippen molar-refractivity contribution in [2.45, 2.75) is 32.7 Å². The number of carbonyl (C=O) groups is 1. The van der Waals surface area contributed by atoms with E-state index in [1.807, 2.05) is 14.1 Å². The van der Waals surface area contributed by atoms with E-state index in [1.54, 1.807) is 18.0 Å². The van der Waals surface area contributed by atoms with E-state index < -0.39 is 0 Å². The Kier molecular flexibility index (Phi) is 4.81. The molecule has 1 aliphatic rings. The van der Waals surface area contributed by atoms with Crippen LogP contribution in [0.4, 0.5) is 0 Å². The fourth-order valence-electron chi connectivity index (χ4n) is 2.94. The maximum absolute atomic E-state index is 12.8. The van der Waals surface area contributed by atoms with Crippen LogP contribution >= 0.6 is 0 Å². The molecule has 0 aromatic carbocycles. The van der Waals surface area contributed by atoms with Gasteiger partial charge < -0.3 is 9.64 Å². The lowest BCUT2D eigenvalue weighted by Crippen LogP contribution is -2.25. The second kappa shape index (κ2) is 6.39. The quantitative estimate of drug-likeness (QED) is 0.748. The third-order valence-electron chi connectivity index (χ3n) is 4.22. The van der Waals surface area contributed by atoms with Crippen molar-refractivity contribution in [2.24, 2.45) is 11.8 Å². The minimum absolute atomic E-state index is 0.124. The number of ether oxygens (including phenoxy) is 1. The Balaban J connectivity index is 2.23. The highest BCUT2D eigenvalue weighted by Gasteiger charge is 2.34. The molecule has 2 rings (SSSR count). The molecule has 1 aromatic rings. The predicted molar refractivity (Wildman–Crippen MR) is 78.2 cm³/mol. The van der Waals surface area contributed by atoms with Gasteiger partial charge in [0, 0.05) is 12.5 Å². The Morgan fingerprint density at radius 2 is 2.25 bits per heavy atom. The number of likely N-dealkylation sites (N-methyl/N-ethyl adjacent to an activating group) is 1. The zero-order chi connectivity index (χ0) is 14.7. The smallest absolute Gasteiger partial charge is 0.188 e. The second-order valence-corrected chi connectivity index (χ2v) is 5.97. The number of rotatable bonds is 6. The fourth-order valence-corrected chi connectivity index (χ4v) is 2.94. The van der Waals surface area contributed by atoms with Gasteiger partial charge in [0.2, 0.25) is 0 Å². The molecule has 0 aliphatic heterocycles. The Hall–Kier alpha value is -1.36. The fraction of sp³-hybridized carbons (Fsp3) is 0.733. The van der Waals surface area contributed by atoms with Crippen molar-refractivity contribution in [3.8, 4) is 5.75 Å². The van der Waals surface area contributed by atoms with Crippen LogP contribution in [0, 0.1) is 11.8 Å². The van der Waals surface area contributed by atoms with E-state index in [-0.39, 0.29) is 11.7 Å². The van der Waals surface area contributed by atoms with Crippen LogP contribution in [-0.4, -0.2) is 48.2 Å². The van der Waals surface area contributed by atoms with Crippen molar-refractivity contribution >= 4 is 5.78 Å². The van der Waals surface area contributed by atoms with Crippen LogP contribution < -0.4 is 4.74 Å². The van der Waals surface area contributed by atoms with Gasteiger partial charge in [-0.3, -0.25) is 9.48 Å². The second-order valence-electron chi connectivity index (χ2n) is 5.97. The lowest BCUT2D eigenvalue weighted by Gasteiger charge is -2.17. The third-order valence-corrected chi connectivity index (χ3v) is 4.22. The largest absolute Gasteiger partial charge is 0.493 e. The molecule has 1 heterocycles. The first-order valence-corrected chi connectivity index (χ1v) is 7.33. The summed E-state index contributed by atoms with van der Waals surface area (Å²) in [5, 5.41) is 4.32. The first-order valence-electron chi connectivity index (χ1n) is 7.33. The van der Waals surface area contributed by atoms with Gasteiger partial charge in [-0.25, -0.2) is 0 Å². The molecule has 0 amide bonds. The molecule has 2 atom stereocenters. The first-order chi connectivity index (χ1) is 9.54. The molecule has 2 unspecified atom stereocenters. The standard InChI is InChI=1S/C15H25N3O2/c1-11-6-5-7-12(11)15(19)14-13(20-4)10-16-18(14)9-8-17(2)3/h10-12H,5-9H2,1-4H3. The molecule has 1 aliphatic carbocycles. The van der Waals surface area contributed by atoms with Crippen molar-refractivity contribution < 1.29 is 9.53 Å². The van der Waals surface area contributed by atoms with Crippen molar-refractivity contribution in [2.75, 3.05) is 27.7 Å². The number of hydrogen-bond acceptors (Lipinski definition) is 4. The number of nitrogens with zero attached hydrogens (tertiary/aromatic N) is 3. The number of hydrogen-bond donors (Lipinski definition) is 0. The number of aromatic nitrogens is 2. The molecule has 0 bridgehead atoms. The maximum atomic E-state index is 12.8. The molecule has 20 heavy (non-hydrogen) atoms. The van der Waals surface area contributed by atoms with Crippen LogP contribution in [0.1, 0.15) is 36.7 Å². The van der Waals surface area contributed by atoms with E-state index in [4.69, 9.17) is 4.74 Å². The van der Waals surface area contributed by atoms with Crippen molar-refractivity contribution in [3.63, 3.8) is 0 Å². The molecule has 5 nitrogen and oxygen atoms in total. The average Bonchev–Trinajstić information content (AvgIpc) is 3.01. The molecule has 0 radical (unpaired) electrons. The molecule has 0 saturated heterocycles. The van der Waals surface area contributed by atoms with Gasteiger partial charge in [-0.2, -0.15) is 5.10 Å². The van der Waals surface area contributed by atoms with Crippen molar-refractivity contribution in [1.29, 1.82) is 0 Å². The number of Topliss-reactive ketones (excluding diaryl/α,β-unsaturated/α-hetero) is 1. The van der Waals surface area contributed by atoms with Gasteiger partial charge in [0.1, 0.15) is 5.69 Å². The summed E-state index contributed by atoms with van der Waals surface area (Å²) >= 11 is 0. The van der Waals surface area contributed by atoms with Crippen LogP contribution in [0.15, 0.2) is 6.20 Å². The zero-order valence-electron chi connectivity index (χ0n) is 12.9. The maximum Gasteiger partial charge on any atom is 0.188 e. The highest BCUT2D eigenvalue weighted by molar-refractivity contribution is 5.99. The van der Waals surface area contributed by atoms with Crippen molar-refractivity contribution in [1.82, 2.24) is 14.7 Å². The zero-order valence-corrected chi connectivity index (χ0v) is 12.9. The Bertz CT molecular complexity index is 468. The Labute approximate surface area is 120 Å². The minimum Gasteiger partial charge on any atom is -0.493 e. The van der Waals surface area contributed by atoms with Gasteiger partial charge in [-0.05, 0) is 32.9 Å². The first kappa shape index (κ1) is 15.0. The summed E-state index contributed by atoms with van der Waals surface area (Å²) in [5.41, 5.74) is 0.646. The molecule has 5 heteroatoms. The lowest BCUT2D eigenvalue weighted by molar-refractivity contribution is 0.0881. The van der Waals surface area contributed by atoms with Gasteiger partial charge in [0.05, 0.1) is 19.9 Å². The SMILES string of the molecule is COc1cnn(CCN(C)C)c1C(=O)C1CCCC1C. The summed E-state index contributed by atoms with van der Waals surface area (Å²) in [6.07, 6.45) is 4.93. The highest BCUT2D eigenvalue weighted by Crippen LogP contribution is 2.35. The van der Waals surface area contributed by atoms with E-state index in [0.29, 0.717) is 23.9 Å². The van der Waals surface area contributed by atoms with Gasteiger partial charge in [-0.1, -0.05) is 13.3 Å². The summed E-state index contributed by atoms with van der Waals surface area (Å²) in [4.78, 5) is 14.9. The summed E-state index contributed by atoms with van der Waals surface area (Å²) < 4.78 is 7.13. The Morgan fingerprint density at radius 3 is 2.80 bits per heavy atom. The minimum atomic E-state index is 0.124. The summed E-state index contributed by atoms with van der Waals surface area (Å²) in [5.74, 6) is 1.39. The van der Waals surface area contributed by atoms with E-state index >= 15 is 0 Å². The van der Waals surface area contributed by atoms with Crippen LogP contribution in [0.5, 0.6) is 5.75 Å². The van der Waals surface area contributed by atoms with Gasteiger partial charge in [0.15, 0.2) is 11.5 Å². The molecule has 112 valence electrons. The van der Waals surface area contributed by atoms with E-state index in [2.05, 4.69) is 16.9 Å². The monoisotopic (exact) mass is 279 g/mol. The number of ketones is 1. The molecule has 0 N–H and O–H groups in total. The molecular weight excluding hydrogens is 254 g/mol. The van der Waals surface area contributed by atoms with Crippen LogP contribution in [0.3, 0.4) is 0 Å². The van der Waals surface area contributed by atoms with Gasteiger partial charge in [0.25, 0.3) is 0 Å². The molecular formula is C15H25N3O2. The average molecular weight is 279 g/mol. The van der Waals surface area contributed by atoms with E-state index in [1.165, 1.54) is 0 Å². The van der Waals surface area contributed by atoms with Crippen LogP contribution in [-0.2, 0) is 6.54 Å². The predicted octanol–water partition coefficient (Wildman–Crippen LogP) is 2.07. The number of carbonyl (C=O) groups excluding carboxylic acids is 1. The summed E-state index contributed by atoms with van der Waals surface area (Å²) in [6, 6.07) is 0. The van der Waals surface area contributed by atoms with Gasteiger partial charge >= 0.3 is 0 Å². The van der Waals surface area contributed by atoms with Crippen molar-refractivity contribution in [3.05, 3.63) is 11.9 Å². The number of methoxy groups -OCH3 is 1. The molecule has 0 spiro atoms. The van der Waals surface area contributed by atoms with Crippen LogP contribution in [0.2, 0.25) is 0 Å².